The number of hydrogen-bond acceptors (Lipinski definition) is 5. The van der Waals surface area contributed by atoms with Crippen LogP contribution in [0.1, 0.15) is 6.92 Å². The number of nitrogen functional groups attached to an aromatic ring is 1. The number of carbonyl (C=O) groups excluding carboxylic acids is 1. The number of pyridine rings is 1. The zero-order valence-corrected chi connectivity index (χ0v) is 10.3. The van der Waals surface area contributed by atoms with Crippen LogP contribution in [0, 0.1) is 0 Å². The van der Waals surface area contributed by atoms with Crippen LogP contribution >= 0.6 is 0 Å². The number of rotatable bonds is 4. The number of nitrogens with one attached hydrogen (secondary N) is 2. The molecule has 0 saturated heterocycles. The van der Waals surface area contributed by atoms with E-state index in [0.29, 0.717) is 0 Å². The second kappa shape index (κ2) is 5.11. The largest absolute Gasteiger partial charge is 0.384 e. The molecule has 0 saturated carbocycles. The molecule has 0 radical (unpaired) electrons. The highest BCUT2D eigenvalue weighted by molar-refractivity contribution is 7.89. The number of amides is 1. The lowest BCUT2D eigenvalue weighted by molar-refractivity contribution is -0.121. The molecule has 0 fully saturated rings. The van der Waals surface area contributed by atoms with Crippen LogP contribution in [0.3, 0.4) is 0 Å². The van der Waals surface area contributed by atoms with Crippen LogP contribution in [-0.4, -0.2) is 32.4 Å². The molecule has 1 atom stereocenters. The normalized spacial score (nSPS) is 13.1. The number of nitrogens with two attached hydrogens (primary N) is 1. The molecule has 4 N–H and O–H groups in total. The molecule has 0 bridgehead atoms. The van der Waals surface area contributed by atoms with E-state index in [0.717, 1.165) is 6.20 Å². The van der Waals surface area contributed by atoms with Gasteiger partial charge in [0.25, 0.3) is 0 Å². The minimum Gasteiger partial charge on any atom is -0.384 e. The summed E-state index contributed by atoms with van der Waals surface area (Å²) in [6.45, 7) is 1.45. The van der Waals surface area contributed by atoms with Crippen molar-refractivity contribution in [2.24, 2.45) is 0 Å². The second-order valence-electron chi connectivity index (χ2n) is 3.38. The first-order chi connectivity index (χ1) is 7.86. The SMILES string of the molecule is CNC(=O)C(C)NS(=O)(=O)c1ccc(N)nc1. The van der Waals surface area contributed by atoms with Crippen molar-refractivity contribution in [2.75, 3.05) is 12.8 Å². The van der Waals surface area contributed by atoms with Crippen molar-refractivity contribution in [2.45, 2.75) is 17.9 Å². The fraction of sp³-hybridized carbons (Fsp3) is 0.333. The Bertz CT molecular complexity index is 497. The molecule has 94 valence electrons. The smallest absolute Gasteiger partial charge is 0.242 e. The molecule has 1 amide bonds. The van der Waals surface area contributed by atoms with E-state index in [-0.39, 0.29) is 10.7 Å². The summed E-state index contributed by atoms with van der Waals surface area (Å²) in [5, 5.41) is 2.35. The first kappa shape index (κ1) is 13.4. The van der Waals surface area contributed by atoms with E-state index in [4.69, 9.17) is 5.73 Å². The number of likely N-dealkylation sites (N-methyl/N-ethyl adjacent to an activating group) is 1. The second-order valence-corrected chi connectivity index (χ2v) is 5.09. The predicted octanol–water partition coefficient (Wildman–Crippen LogP) is -0.923. The Hall–Kier alpha value is -1.67. The third kappa shape index (κ3) is 3.40. The molecule has 17 heavy (non-hydrogen) atoms. The van der Waals surface area contributed by atoms with Crippen LogP contribution in [0.15, 0.2) is 23.2 Å². The summed E-state index contributed by atoms with van der Waals surface area (Å²) in [6, 6.07) is 1.84. The molecule has 0 aliphatic carbocycles. The summed E-state index contributed by atoms with van der Waals surface area (Å²) >= 11 is 0. The van der Waals surface area contributed by atoms with Gasteiger partial charge in [-0.05, 0) is 19.1 Å². The van der Waals surface area contributed by atoms with E-state index < -0.39 is 22.0 Å². The Morgan fingerprint density at radius 1 is 1.47 bits per heavy atom. The van der Waals surface area contributed by atoms with Gasteiger partial charge >= 0.3 is 0 Å². The Balaban J connectivity index is 2.89. The maximum absolute atomic E-state index is 11.8. The summed E-state index contributed by atoms with van der Waals surface area (Å²) in [5.74, 6) is -0.194. The molecule has 7 nitrogen and oxygen atoms in total. The molecule has 1 rings (SSSR count). The lowest BCUT2D eigenvalue weighted by Crippen LogP contribution is -2.43. The van der Waals surface area contributed by atoms with Crippen molar-refractivity contribution in [1.82, 2.24) is 15.0 Å². The Labute approximate surface area is 99.5 Å². The lowest BCUT2D eigenvalue weighted by Gasteiger charge is -2.12. The molecule has 1 unspecified atom stereocenters. The van der Waals surface area contributed by atoms with Gasteiger partial charge in [-0.2, -0.15) is 4.72 Å². The molecule has 0 aromatic carbocycles. The monoisotopic (exact) mass is 258 g/mol. The van der Waals surface area contributed by atoms with Crippen LogP contribution in [0.25, 0.3) is 0 Å². The van der Waals surface area contributed by atoms with Crippen LogP contribution < -0.4 is 15.8 Å². The summed E-state index contributed by atoms with van der Waals surface area (Å²) in [4.78, 5) is 14.8. The van der Waals surface area contributed by atoms with E-state index in [2.05, 4.69) is 15.0 Å². The molecule has 8 heteroatoms. The highest BCUT2D eigenvalue weighted by atomic mass is 32.2. The average molecular weight is 258 g/mol. The number of aromatic nitrogens is 1. The van der Waals surface area contributed by atoms with Crippen molar-refractivity contribution in [3.8, 4) is 0 Å². The zero-order valence-electron chi connectivity index (χ0n) is 9.47. The maximum Gasteiger partial charge on any atom is 0.242 e. The Morgan fingerprint density at radius 3 is 2.59 bits per heavy atom. The molecule has 0 spiro atoms. The predicted molar refractivity (Wildman–Crippen MR) is 62.5 cm³/mol. The number of carbonyl (C=O) groups is 1. The van der Waals surface area contributed by atoms with E-state index >= 15 is 0 Å². The third-order valence-electron chi connectivity index (χ3n) is 2.04. The number of hydrogen-bond donors (Lipinski definition) is 3. The first-order valence-corrected chi connectivity index (χ1v) is 6.30. The summed E-state index contributed by atoms with van der Waals surface area (Å²) < 4.78 is 25.8. The van der Waals surface area contributed by atoms with Crippen molar-refractivity contribution in [1.29, 1.82) is 0 Å². The average Bonchev–Trinajstić information content (AvgIpc) is 2.27. The number of anilines is 1. The highest BCUT2D eigenvalue weighted by Crippen LogP contribution is 2.09. The number of nitrogens with zero attached hydrogens (tertiary/aromatic N) is 1. The number of sulfonamides is 1. The molecule has 0 aliphatic rings. The van der Waals surface area contributed by atoms with Crippen molar-refractivity contribution >= 4 is 21.7 Å². The van der Waals surface area contributed by atoms with Gasteiger partial charge in [0.15, 0.2) is 0 Å². The van der Waals surface area contributed by atoms with Gasteiger partial charge in [0.1, 0.15) is 10.7 Å². The maximum atomic E-state index is 11.8. The highest BCUT2D eigenvalue weighted by Gasteiger charge is 2.21. The Kier molecular flexibility index (Phi) is 4.02. The van der Waals surface area contributed by atoms with Gasteiger partial charge < -0.3 is 11.1 Å². The van der Waals surface area contributed by atoms with Crippen LogP contribution in [0.5, 0.6) is 0 Å². The Morgan fingerprint density at radius 2 is 2.12 bits per heavy atom. The van der Waals surface area contributed by atoms with Gasteiger partial charge in [-0.3, -0.25) is 4.79 Å². The van der Waals surface area contributed by atoms with Crippen LogP contribution in [0.4, 0.5) is 5.82 Å². The lowest BCUT2D eigenvalue weighted by atomic mass is 10.3. The van der Waals surface area contributed by atoms with Gasteiger partial charge in [-0.15, -0.1) is 0 Å². The van der Waals surface area contributed by atoms with Crippen molar-refractivity contribution in [3.05, 3.63) is 18.3 Å². The van der Waals surface area contributed by atoms with E-state index in [1.165, 1.54) is 26.1 Å². The molecule has 0 aliphatic heterocycles. The third-order valence-corrected chi connectivity index (χ3v) is 3.57. The zero-order chi connectivity index (χ0) is 13.1. The van der Waals surface area contributed by atoms with Crippen molar-refractivity contribution < 1.29 is 13.2 Å². The van der Waals surface area contributed by atoms with Gasteiger partial charge in [0.05, 0.1) is 6.04 Å². The van der Waals surface area contributed by atoms with Gasteiger partial charge in [0.2, 0.25) is 15.9 Å². The topological polar surface area (TPSA) is 114 Å². The van der Waals surface area contributed by atoms with E-state index in [9.17, 15) is 13.2 Å². The first-order valence-electron chi connectivity index (χ1n) is 4.82. The summed E-state index contributed by atoms with van der Waals surface area (Å²) in [6.07, 6.45) is 1.13. The van der Waals surface area contributed by atoms with Crippen LogP contribution in [-0.2, 0) is 14.8 Å². The van der Waals surface area contributed by atoms with Gasteiger partial charge in [-0.1, -0.05) is 0 Å². The van der Waals surface area contributed by atoms with Crippen molar-refractivity contribution in [3.63, 3.8) is 0 Å². The molecule has 1 aromatic heterocycles. The fourth-order valence-corrected chi connectivity index (χ4v) is 2.27. The summed E-state index contributed by atoms with van der Waals surface area (Å²) in [5.41, 5.74) is 5.35. The molecule has 1 aromatic rings. The van der Waals surface area contributed by atoms with Crippen LogP contribution in [0.2, 0.25) is 0 Å². The fourth-order valence-electron chi connectivity index (χ4n) is 1.12. The van der Waals surface area contributed by atoms with Gasteiger partial charge in [0, 0.05) is 13.2 Å². The summed E-state index contributed by atoms with van der Waals surface area (Å²) in [7, 11) is -2.33. The van der Waals surface area contributed by atoms with Gasteiger partial charge in [-0.25, -0.2) is 13.4 Å². The molecule has 1 heterocycles. The minimum atomic E-state index is -3.76. The van der Waals surface area contributed by atoms with E-state index in [1.54, 1.807) is 0 Å². The standard InChI is InChI=1S/C9H14N4O3S/c1-6(9(14)11-2)13-17(15,16)7-3-4-8(10)12-5-7/h3-6,13H,1-2H3,(H2,10,12)(H,11,14). The minimum absolute atomic E-state index is 0.0394. The molecular weight excluding hydrogens is 244 g/mol. The molecular formula is C9H14N4O3S. The quantitative estimate of drug-likeness (QED) is 0.646. The van der Waals surface area contributed by atoms with E-state index in [1.807, 2.05) is 0 Å².